The van der Waals surface area contributed by atoms with Gasteiger partial charge in [-0.3, -0.25) is 0 Å². The van der Waals surface area contributed by atoms with Crippen LogP contribution < -0.4 is 5.73 Å². The van der Waals surface area contributed by atoms with Crippen LogP contribution in [0.4, 0.5) is 10.1 Å². The smallest absolute Gasteiger partial charge is 0.181 e. The van der Waals surface area contributed by atoms with Crippen molar-refractivity contribution in [2.75, 3.05) is 11.5 Å². The van der Waals surface area contributed by atoms with Gasteiger partial charge in [0, 0.05) is 5.69 Å². The van der Waals surface area contributed by atoms with Crippen molar-refractivity contribution in [2.45, 2.75) is 11.8 Å². The number of halogens is 1. The molecule has 0 radical (unpaired) electrons. The molecule has 5 heteroatoms. The minimum atomic E-state index is -3.48. The van der Waals surface area contributed by atoms with E-state index in [0.29, 0.717) is 0 Å². The standard InChI is InChI=1S/C8H10FNO2S/c1-2-13(11,12)8-4-3-6(10)5-7(8)9/h3-5H,2,10H2,1H3. The fourth-order valence-electron chi connectivity index (χ4n) is 0.925. The van der Waals surface area contributed by atoms with Crippen LogP contribution in [0.1, 0.15) is 6.92 Å². The van der Waals surface area contributed by atoms with E-state index >= 15 is 0 Å². The lowest BCUT2D eigenvalue weighted by Gasteiger charge is -2.02. The van der Waals surface area contributed by atoms with Crippen molar-refractivity contribution in [3.05, 3.63) is 24.0 Å². The second-order valence-corrected chi connectivity index (χ2v) is 4.84. The highest BCUT2D eigenvalue weighted by molar-refractivity contribution is 7.91. The van der Waals surface area contributed by atoms with Crippen LogP contribution in [-0.4, -0.2) is 14.2 Å². The Morgan fingerprint density at radius 2 is 2.08 bits per heavy atom. The quantitative estimate of drug-likeness (QED) is 0.735. The molecule has 0 heterocycles. The maximum Gasteiger partial charge on any atom is 0.181 e. The van der Waals surface area contributed by atoms with Crippen LogP contribution in [0.3, 0.4) is 0 Å². The molecule has 0 fully saturated rings. The zero-order valence-corrected chi connectivity index (χ0v) is 7.94. The molecule has 0 atom stereocenters. The fraction of sp³-hybridized carbons (Fsp3) is 0.250. The van der Waals surface area contributed by atoms with Crippen molar-refractivity contribution in [1.29, 1.82) is 0 Å². The average Bonchev–Trinajstić information content (AvgIpc) is 2.03. The van der Waals surface area contributed by atoms with Crippen molar-refractivity contribution in [1.82, 2.24) is 0 Å². The summed E-state index contributed by atoms with van der Waals surface area (Å²) in [5.41, 5.74) is 5.49. The molecule has 0 unspecified atom stereocenters. The Morgan fingerprint density at radius 1 is 1.46 bits per heavy atom. The summed E-state index contributed by atoms with van der Waals surface area (Å²) in [6, 6.07) is 3.55. The van der Waals surface area contributed by atoms with E-state index in [9.17, 15) is 12.8 Å². The van der Waals surface area contributed by atoms with E-state index in [1.807, 2.05) is 0 Å². The van der Waals surface area contributed by atoms with Crippen molar-refractivity contribution >= 4 is 15.5 Å². The molecule has 0 aliphatic carbocycles. The molecule has 0 bridgehead atoms. The lowest BCUT2D eigenvalue weighted by Crippen LogP contribution is -2.06. The molecule has 1 rings (SSSR count). The third kappa shape index (κ3) is 1.98. The summed E-state index contributed by atoms with van der Waals surface area (Å²) in [7, 11) is -3.48. The minimum absolute atomic E-state index is 0.117. The van der Waals surface area contributed by atoms with E-state index in [4.69, 9.17) is 5.73 Å². The number of hydrogen-bond acceptors (Lipinski definition) is 3. The van der Waals surface area contributed by atoms with Gasteiger partial charge in [-0.05, 0) is 18.2 Å². The fourth-order valence-corrected chi connectivity index (χ4v) is 1.87. The van der Waals surface area contributed by atoms with Crippen LogP contribution in [0.25, 0.3) is 0 Å². The second kappa shape index (κ2) is 3.33. The SMILES string of the molecule is CCS(=O)(=O)c1ccc(N)cc1F. The molecule has 1 aromatic rings. The first-order valence-corrected chi connectivity index (χ1v) is 5.40. The summed E-state index contributed by atoms with van der Waals surface area (Å²) in [5, 5.41) is 0. The largest absolute Gasteiger partial charge is 0.399 e. The number of nitrogen functional groups attached to an aromatic ring is 1. The van der Waals surface area contributed by atoms with Crippen LogP contribution in [0.5, 0.6) is 0 Å². The number of rotatable bonds is 2. The molecule has 0 spiro atoms. The summed E-state index contributed by atoms with van der Waals surface area (Å²) in [5.74, 6) is -0.907. The normalized spacial score (nSPS) is 11.5. The zero-order chi connectivity index (χ0) is 10.1. The highest BCUT2D eigenvalue weighted by atomic mass is 32.2. The Hall–Kier alpha value is -1.10. The molecule has 3 nitrogen and oxygen atoms in total. The minimum Gasteiger partial charge on any atom is -0.399 e. The van der Waals surface area contributed by atoms with E-state index in [-0.39, 0.29) is 16.3 Å². The van der Waals surface area contributed by atoms with E-state index in [0.717, 1.165) is 6.07 Å². The molecule has 13 heavy (non-hydrogen) atoms. The van der Waals surface area contributed by atoms with Gasteiger partial charge in [0.1, 0.15) is 10.7 Å². The molecular weight excluding hydrogens is 193 g/mol. The van der Waals surface area contributed by atoms with Gasteiger partial charge >= 0.3 is 0 Å². The van der Waals surface area contributed by atoms with Gasteiger partial charge in [-0.2, -0.15) is 0 Å². The van der Waals surface area contributed by atoms with E-state index < -0.39 is 15.7 Å². The Balaban J connectivity index is 3.33. The van der Waals surface area contributed by atoms with Crippen molar-refractivity contribution in [3.8, 4) is 0 Å². The van der Waals surface area contributed by atoms with Crippen LogP contribution in [0.15, 0.2) is 23.1 Å². The van der Waals surface area contributed by atoms with Gasteiger partial charge in [0.2, 0.25) is 0 Å². The summed E-state index contributed by atoms with van der Waals surface area (Å²) in [6.07, 6.45) is 0. The zero-order valence-electron chi connectivity index (χ0n) is 7.12. The van der Waals surface area contributed by atoms with Crippen LogP contribution in [0, 0.1) is 5.82 Å². The van der Waals surface area contributed by atoms with E-state index in [1.165, 1.54) is 19.1 Å². The molecule has 0 saturated heterocycles. The Morgan fingerprint density at radius 3 is 2.54 bits per heavy atom. The summed E-state index contributed by atoms with van der Waals surface area (Å²) >= 11 is 0. The lowest BCUT2D eigenvalue weighted by molar-refractivity contribution is 0.568. The monoisotopic (exact) mass is 203 g/mol. The topological polar surface area (TPSA) is 60.2 Å². The molecule has 0 aliphatic rings. The maximum absolute atomic E-state index is 13.1. The highest BCUT2D eigenvalue weighted by Gasteiger charge is 2.16. The maximum atomic E-state index is 13.1. The molecule has 2 N–H and O–H groups in total. The van der Waals surface area contributed by atoms with Crippen LogP contribution in [-0.2, 0) is 9.84 Å². The van der Waals surface area contributed by atoms with Gasteiger partial charge in [-0.15, -0.1) is 0 Å². The molecule has 0 amide bonds. The number of hydrogen-bond donors (Lipinski definition) is 1. The van der Waals surface area contributed by atoms with Gasteiger partial charge in [0.05, 0.1) is 5.75 Å². The first-order valence-electron chi connectivity index (χ1n) is 3.75. The van der Waals surface area contributed by atoms with Crippen LogP contribution in [0.2, 0.25) is 0 Å². The number of nitrogens with two attached hydrogens (primary N) is 1. The van der Waals surface area contributed by atoms with E-state index in [2.05, 4.69) is 0 Å². The molecule has 0 saturated carbocycles. The first-order chi connectivity index (χ1) is 5.97. The lowest BCUT2D eigenvalue weighted by atomic mass is 10.3. The predicted octanol–water partition coefficient (Wildman–Crippen LogP) is 1.20. The van der Waals surface area contributed by atoms with Gasteiger partial charge in [-0.25, -0.2) is 12.8 Å². The van der Waals surface area contributed by atoms with Gasteiger partial charge < -0.3 is 5.73 Å². The number of anilines is 1. The van der Waals surface area contributed by atoms with Crippen molar-refractivity contribution < 1.29 is 12.8 Å². The van der Waals surface area contributed by atoms with Crippen molar-refractivity contribution in [3.63, 3.8) is 0 Å². The highest BCUT2D eigenvalue weighted by Crippen LogP contribution is 2.17. The summed E-state index contributed by atoms with van der Waals surface area (Å²) < 4.78 is 35.6. The third-order valence-corrected chi connectivity index (χ3v) is 3.43. The number of benzene rings is 1. The molecule has 0 aliphatic heterocycles. The third-order valence-electron chi connectivity index (χ3n) is 1.67. The number of sulfone groups is 1. The van der Waals surface area contributed by atoms with E-state index in [1.54, 1.807) is 0 Å². The first kappa shape index (κ1) is 9.98. The van der Waals surface area contributed by atoms with Gasteiger partial charge in [0.25, 0.3) is 0 Å². The Labute approximate surface area is 76.3 Å². The van der Waals surface area contributed by atoms with Gasteiger partial charge in [-0.1, -0.05) is 6.92 Å². The van der Waals surface area contributed by atoms with Crippen molar-refractivity contribution in [2.24, 2.45) is 0 Å². The summed E-state index contributed by atoms with van der Waals surface area (Å²) in [6.45, 7) is 1.46. The molecule has 72 valence electrons. The Bertz CT molecular complexity index is 414. The molecule has 0 aromatic heterocycles. The summed E-state index contributed by atoms with van der Waals surface area (Å²) in [4.78, 5) is -0.288. The van der Waals surface area contributed by atoms with Crippen LogP contribution >= 0.6 is 0 Å². The predicted molar refractivity (Wildman–Crippen MR) is 48.5 cm³/mol. The van der Waals surface area contributed by atoms with Gasteiger partial charge in [0.15, 0.2) is 9.84 Å². The molecule has 1 aromatic carbocycles. The molecular formula is C8H10FNO2S. The second-order valence-electron chi connectivity index (χ2n) is 2.59. The average molecular weight is 203 g/mol. The Kier molecular flexibility index (Phi) is 2.56.